The quantitative estimate of drug-likeness (QED) is 0.829. The van der Waals surface area contributed by atoms with Gasteiger partial charge >= 0.3 is 0 Å². The maximum atomic E-state index is 13.5. The minimum atomic E-state index is -0.460. The highest BCUT2D eigenvalue weighted by Crippen LogP contribution is 2.29. The number of amidine groups is 1. The van der Waals surface area contributed by atoms with Crippen LogP contribution in [0.5, 0.6) is 0 Å². The number of nitrogens with zero attached hydrogens (tertiary/aromatic N) is 1. The van der Waals surface area contributed by atoms with E-state index in [1.165, 1.54) is 12.1 Å². The Morgan fingerprint density at radius 3 is 2.67 bits per heavy atom. The Morgan fingerprint density at radius 2 is 1.94 bits per heavy atom. The van der Waals surface area contributed by atoms with Gasteiger partial charge in [0.15, 0.2) is 0 Å². The zero-order valence-corrected chi connectivity index (χ0v) is 10.2. The van der Waals surface area contributed by atoms with Crippen LogP contribution in [0.15, 0.2) is 42.5 Å². The van der Waals surface area contributed by atoms with Crippen LogP contribution in [0.2, 0.25) is 5.02 Å². The van der Waals surface area contributed by atoms with Crippen LogP contribution in [0.25, 0.3) is 0 Å². The number of fused-ring (bicyclic) bond motifs is 1. The van der Waals surface area contributed by atoms with Gasteiger partial charge in [0, 0.05) is 11.3 Å². The smallest absolute Gasteiger partial charge is 0.143 e. The number of benzene rings is 2. The van der Waals surface area contributed by atoms with Gasteiger partial charge < -0.3 is 4.90 Å². The number of hydrogen-bond donors (Lipinski definition) is 1. The van der Waals surface area contributed by atoms with Crippen LogP contribution < -0.4 is 4.90 Å². The molecule has 0 aliphatic carbocycles. The summed E-state index contributed by atoms with van der Waals surface area (Å²) in [7, 11) is 0. The Balaban J connectivity index is 2.01. The molecule has 2 nitrogen and oxygen atoms in total. The molecule has 0 radical (unpaired) electrons. The molecular weight excluding hydrogens is 251 g/mol. The molecule has 0 unspecified atom stereocenters. The molecule has 0 atom stereocenters. The summed E-state index contributed by atoms with van der Waals surface area (Å²) in [6.07, 6.45) is 0. The summed E-state index contributed by atoms with van der Waals surface area (Å²) in [5.41, 5.74) is 2.63. The lowest BCUT2D eigenvalue weighted by molar-refractivity contribution is 0.628. The van der Waals surface area contributed by atoms with Gasteiger partial charge in [0.1, 0.15) is 11.7 Å². The number of rotatable bonds is 1. The topological polar surface area (TPSA) is 27.1 Å². The molecule has 1 heterocycles. The average molecular weight is 261 g/mol. The summed E-state index contributed by atoms with van der Waals surface area (Å²) in [5.74, 6) is -0.0646. The maximum absolute atomic E-state index is 13.5. The Kier molecular flexibility index (Phi) is 2.56. The van der Waals surface area contributed by atoms with E-state index in [2.05, 4.69) is 0 Å². The molecule has 0 fully saturated rings. The summed E-state index contributed by atoms with van der Waals surface area (Å²) in [6, 6.07) is 12.3. The van der Waals surface area contributed by atoms with E-state index in [4.69, 9.17) is 17.0 Å². The molecule has 1 aliphatic rings. The van der Waals surface area contributed by atoms with Crippen molar-refractivity contribution in [2.24, 2.45) is 0 Å². The molecule has 0 spiro atoms. The van der Waals surface area contributed by atoms with Crippen molar-refractivity contribution in [1.29, 1.82) is 5.41 Å². The van der Waals surface area contributed by atoms with Gasteiger partial charge in [-0.1, -0.05) is 35.9 Å². The average Bonchev–Trinajstić information content (AvgIpc) is 2.71. The molecule has 0 bridgehead atoms. The fourth-order valence-electron chi connectivity index (χ4n) is 2.16. The first-order valence-corrected chi connectivity index (χ1v) is 5.94. The third-order valence-corrected chi connectivity index (χ3v) is 3.39. The second-order valence-electron chi connectivity index (χ2n) is 4.19. The molecule has 2 aromatic carbocycles. The zero-order valence-electron chi connectivity index (χ0n) is 9.45. The molecule has 1 aliphatic heterocycles. The SMILES string of the molecule is N=C1c2ccccc2CN1c1ccc(Cl)c(F)c1. The summed E-state index contributed by atoms with van der Waals surface area (Å²) in [5, 5.41) is 8.22. The van der Waals surface area contributed by atoms with E-state index in [0.29, 0.717) is 18.1 Å². The lowest BCUT2D eigenvalue weighted by atomic mass is 10.1. The fourth-order valence-corrected chi connectivity index (χ4v) is 2.27. The van der Waals surface area contributed by atoms with Crippen LogP contribution in [0.1, 0.15) is 11.1 Å². The molecule has 3 rings (SSSR count). The first kappa shape index (κ1) is 11.2. The molecule has 0 amide bonds. The van der Waals surface area contributed by atoms with Crippen molar-refractivity contribution in [2.75, 3.05) is 4.90 Å². The van der Waals surface area contributed by atoms with Crippen molar-refractivity contribution >= 4 is 23.1 Å². The second-order valence-corrected chi connectivity index (χ2v) is 4.60. The number of nitrogens with one attached hydrogen (secondary N) is 1. The molecule has 2 aromatic rings. The van der Waals surface area contributed by atoms with Crippen LogP contribution in [0, 0.1) is 11.2 Å². The second kappa shape index (κ2) is 4.10. The molecule has 4 heteroatoms. The molecular formula is C14H10ClFN2. The van der Waals surface area contributed by atoms with Gasteiger partial charge in [0.05, 0.1) is 11.6 Å². The van der Waals surface area contributed by atoms with Crippen LogP contribution in [-0.4, -0.2) is 5.84 Å². The first-order valence-electron chi connectivity index (χ1n) is 5.56. The normalized spacial score (nSPS) is 13.9. The number of hydrogen-bond acceptors (Lipinski definition) is 1. The van der Waals surface area contributed by atoms with Gasteiger partial charge in [-0.15, -0.1) is 0 Å². The van der Waals surface area contributed by atoms with E-state index in [0.717, 1.165) is 11.1 Å². The van der Waals surface area contributed by atoms with Gasteiger partial charge in [0.25, 0.3) is 0 Å². The molecule has 0 aromatic heterocycles. The van der Waals surface area contributed by atoms with E-state index < -0.39 is 5.82 Å². The summed E-state index contributed by atoms with van der Waals surface area (Å²) < 4.78 is 13.5. The van der Waals surface area contributed by atoms with Crippen LogP contribution in [0.3, 0.4) is 0 Å². The van der Waals surface area contributed by atoms with Crippen molar-refractivity contribution < 1.29 is 4.39 Å². The molecule has 18 heavy (non-hydrogen) atoms. The molecule has 90 valence electrons. The van der Waals surface area contributed by atoms with Crippen molar-refractivity contribution in [3.05, 3.63) is 64.4 Å². The lowest BCUT2D eigenvalue weighted by Gasteiger charge is -2.18. The Labute approximate surface area is 109 Å². The van der Waals surface area contributed by atoms with E-state index in [1.807, 2.05) is 24.3 Å². The third kappa shape index (κ3) is 1.68. The highest BCUT2D eigenvalue weighted by atomic mass is 35.5. The van der Waals surface area contributed by atoms with E-state index in [1.54, 1.807) is 11.0 Å². The van der Waals surface area contributed by atoms with Gasteiger partial charge in [-0.05, 0) is 23.8 Å². The fraction of sp³-hybridized carbons (Fsp3) is 0.0714. The van der Waals surface area contributed by atoms with Gasteiger partial charge in [-0.3, -0.25) is 5.41 Å². The zero-order chi connectivity index (χ0) is 12.7. The highest BCUT2D eigenvalue weighted by molar-refractivity contribution is 6.30. The van der Waals surface area contributed by atoms with Gasteiger partial charge in [0.2, 0.25) is 0 Å². The minimum Gasteiger partial charge on any atom is -0.322 e. The van der Waals surface area contributed by atoms with E-state index in [-0.39, 0.29) is 5.02 Å². The largest absolute Gasteiger partial charge is 0.322 e. The van der Waals surface area contributed by atoms with Crippen LogP contribution in [-0.2, 0) is 6.54 Å². The third-order valence-electron chi connectivity index (χ3n) is 3.09. The predicted molar refractivity (Wildman–Crippen MR) is 70.9 cm³/mol. The summed E-state index contributed by atoms with van der Waals surface area (Å²) in [4.78, 5) is 1.77. The first-order chi connectivity index (χ1) is 8.66. The van der Waals surface area contributed by atoms with E-state index >= 15 is 0 Å². The van der Waals surface area contributed by atoms with Crippen molar-refractivity contribution in [1.82, 2.24) is 0 Å². The Bertz CT molecular complexity index is 639. The van der Waals surface area contributed by atoms with Gasteiger partial charge in [-0.25, -0.2) is 4.39 Å². The van der Waals surface area contributed by atoms with Gasteiger partial charge in [-0.2, -0.15) is 0 Å². The standard InChI is InChI=1S/C14H10ClFN2/c15-12-6-5-10(7-13(12)16)18-8-9-3-1-2-4-11(9)14(18)17/h1-7,17H,8H2. The Morgan fingerprint density at radius 1 is 1.17 bits per heavy atom. The minimum absolute atomic E-state index is 0.0991. The maximum Gasteiger partial charge on any atom is 0.143 e. The lowest BCUT2D eigenvalue weighted by Crippen LogP contribution is -2.23. The summed E-state index contributed by atoms with van der Waals surface area (Å²) in [6.45, 7) is 0.593. The van der Waals surface area contributed by atoms with Crippen molar-refractivity contribution in [2.45, 2.75) is 6.54 Å². The number of halogens is 2. The van der Waals surface area contributed by atoms with E-state index in [9.17, 15) is 4.39 Å². The monoisotopic (exact) mass is 260 g/mol. The number of anilines is 1. The van der Waals surface area contributed by atoms with Crippen LogP contribution >= 0.6 is 11.6 Å². The summed E-state index contributed by atoms with van der Waals surface area (Å²) >= 11 is 5.67. The van der Waals surface area contributed by atoms with Crippen molar-refractivity contribution in [3.63, 3.8) is 0 Å². The highest BCUT2D eigenvalue weighted by Gasteiger charge is 2.25. The van der Waals surface area contributed by atoms with Crippen molar-refractivity contribution in [3.8, 4) is 0 Å². The van der Waals surface area contributed by atoms with Crippen LogP contribution in [0.4, 0.5) is 10.1 Å². The molecule has 0 saturated heterocycles. The Hall–Kier alpha value is -1.87. The predicted octanol–water partition coefficient (Wildman–Crippen LogP) is 3.82. The molecule has 1 N–H and O–H groups in total. The molecule has 0 saturated carbocycles.